The van der Waals surface area contributed by atoms with Crippen LogP contribution in [-0.4, -0.2) is 39.8 Å². The molecule has 2 aromatic heterocycles. The lowest BCUT2D eigenvalue weighted by atomic mass is 9.98. The summed E-state index contributed by atoms with van der Waals surface area (Å²) in [5, 5.41) is 12.2. The lowest BCUT2D eigenvalue weighted by Gasteiger charge is -2.18. The fourth-order valence-corrected chi connectivity index (χ4v) is 4.52. The lowest BCUT2D eigenvalue weighted by molar-refractivity contribution is 0.0695. The van der Waals surface area contributed by atoms with Crippen LogP contribution in [0.3, 0.4) is 0 Å². The highest BCUT2D eigenvalue weighted by Crippen LogP contribution is 2.55. The molecule has 3 aromatic rings. The number of pyridine rings is 2. The summed E-state index contributed by atoms with van der Waals surface area (Å²) in [6.07, 6.45) is 0.910. The molecule has 0 amide bonds. The van der Waals surface area contributed by atoms with Crippen molar-refractivity contribution in [2.75, 3.05) is 13.1 Å². The Bertz CT molecular complexity index is 1310. The van der Waals surface area contributed by atoms with Gasteiger partial charge in [0, 0.05) is 42.7 Å². The molecule has 2 aliphatic rings. The summed E-state index contributed by atoms with van der Waals surface area (Å²) in [6.45, 7) is 0.994. The number of nitrogens with zero attached hydrogens (tertiary/aromatic N) is 2. The van der Waals surface area contributed by atoms with Gasteiger partial charge in [-0.05, 0) is 18.2 Å². The maximum Gasteiger partial charge on any atom is 0.341 e. The minimum atomic E-state index is -1.56. The van der Waals surface area contributed by atoms with Gasteiger partial charge in [0.2, 0.25) is 5.43 Å². The first kappa shape index (κ1) is 18.8. The molecule has 3 atom stereocenters. The average Bonchev–Trinajstić information content (AvgIpc) is 3.04. The molecule has 2 fully saturated rings. The fourth-order valence-electron chi connectivity index (χ4n) is 4.52. The van der Waals surface area contributed by atoms with Crippen LogP contribution in [0.15, 0.2) is 35.3 Å². The maximum atomic E-state index is 15.0. The zero-order valence-corrected chi connectivity index (χ0v) is 15.3. The topological polar surface area (TPSA) is 110 Å². The minimum Gasteiger partial charge on any atom is -0.477 e. The number of rotatable bonds is 3. The zero-order chi connectivity index (χ0) is 21.4. The molecule has 10 heteroatoms. The lowest BCUT2D eigenvalue weighted by Crippen LogP contribution is -2.31. The number of hydrogen-bond acceptors (Lipinski definition) is 5. The van der Waals surface area contributed by atoms with E-state index < -0.39 is 39.8 Å². The summed E-state index contributed by atoms with van der Waals surface area (Å²) in [5.74, 6) is -4.20. The van der Waals surface area contributed by atoms with Crippen molar-refractivity contribution < 1.29 is 23.1 Å². The largest absolute Gasteiger partial charge is 0.477 e. The third kappa shape index (κ3) is 2.37. The van der Waals surface area contributed by atoms with Crippen LogP contribution in [-0.2, 0) is 5.41 Å². The zero-order valence-electron chi connectivity index (χ0n) is 15.3. The maximum absolute atomic E-state index is 15.0. The molecule has 1 saturated carbocycles. The van der Waals surface area contributed by atoms with Crippen LogP contribution in [0.25, 0.3) is 16.7 Å². The molecule has 1 aromatic carbocycles. The molecule has 4 N–H and O–H groups in total. The van der Waals surface area contributed by atoms with Crippen molar-refractivity contribution >= 4 is 17.0 Å². The van der Waals surface area contributed by atoms with E-state index in [1.54, 1.807) is 0 Å². The smallest absolute Gasteiger partial charge is 0.341 e. The van der Waals surface area contributed by atoms with Crippen LogP contribution >= 0.6 is 0 Å². The summed E-state index contributed by atoms with van der Waals surface area (Å²) >= 11 is 0. The minimum absolute atomic E-state index is 0.0297. The number of carboxylic acid groups (broad SMARTS) is 1. The number of benzene rings is 1. The SMILES string of the molecule is N[C@H]1[C@@H]2CNC[C@]12c1nc2c(cc1F)c(=O)c(C(=O)O)cn2-c1ccc(F)cc1F. The van der Waals surface area contributed by atoms with Gasteiger partial charge in [-0.3, -0.25) is 9.36 Å². The number of nitrogens with two attached hydrogens (primary N) is 1. The van der Waals surface area contributed by atoms with Gasteiger partial charge in [0.1, 0.15) is 28.7 Å². The van der Waals surface area contributed by atoms with E-state index >= 15 is 4.39 Å². The van der Waals surface area contributed by atoms with Crippen molar-refractivity contribution in [1.29, 1.82) is 0 Å². The van der Waals surface area contributed by atoms with E-state index in [1.807, 2.05) is 0 Å². The van der Waals surface area contributed by atoms with E-state index in [2.05, 4.69) is 10.3 Å². The molecule has 1 saturated heterocycles. The Morgan fingerprint density at radius 2 is 2.03 bits per heavy atom. The van der Waals surface area contributed by atoms with Crippen LogP contribution in [0.4, 0.5) is 13.2 Å². The van der Waals surface area contributed by atoms with Crippen LogP contribution in [0.5, 0.6) is 0 Å². The Kier molecular flexibility index (Phi) is 3.83. The molecule has 1 aliphatic carbocycles. The molecule has 0 unspecified atom stereocenters. The van der Waals surface area contributed by atoms with Crippen molar-refractivity contribution in [1.82, 2.24) is 14.9 Å². The van der Waals surface area contributed by atoms with E-state index in [0.29, 0.717) is 19.2 Å². The van der Waals surface area contributed by atoms with Gasteiger partial charge in [-0.15, -0.1) is 0 Å². The number of nitrogens with one attached hydrogen (secondary N) is 1. The Morgan fingerprint density at radius 3 is 2.67 bits per heavy atom. The van der Waals surface area contributed by atoms with E-state index in [1.165, 1.54) is 0 Å². The van der Waals surface area contributed by atoms with Crippen molar-refractivity contribution in [3.05, 3.63) is 69.4 Å². The second kappa shape index (κ2) is 6.13. The van der Waals surface area contributed by atoms with Crippen molar-refractivity contribution in [3.63, 3.8) is 0 Å². The van der Waals surface area contributed by atoms with Gasteiger partial charge in [-0.25, -0.2) is 22.9 Å². The standard InChI is InChI=1S/C20H15F3N4O3/c21-8-1-2-14(12(22)3-8)27-6-10(19(29)30)15(28)9-4-13(23)17(26-18(9)27)20-7-25-5-11(20)16(20)24/h1-4,6,11,16,25H,5,7,24H2,(H,29,30)/t11-,16-,20+/m0/s1. The van der Waals surface area contributed by atoms with E-state index in [4.69, 9.17) is 5.73 Å². The number of halogens is 3. The molecule has 0 bridgehead atoms. The van der Waals surface area contributed by atoms with E-state index in [-0.39, 0.29) is 34.4 Å². The number of carbonyl (C=O) groups is 1. The molecule has 154 valence electrons. The van der Waals surface area contributed by atoms with Gasteiger partial charge in [-0.1, -0.05) is 0 Å². The van der Waals surface area contributed by atoms with E-state index in [9.17, 15) is 23.5 Å². The quantitative estimate of drug-likeness (QED) is 0.594. The average molecular weight is 416 g/mol. The molecule has 30 heavy (non-hydrogen) atoms. The van der Waals surface area contributed by atoms with Crippen molar-refractivity contribution in [3.8, 4) is 5.69 Å². The molecular formula is C20H15F3N4O3. The summed E-state index contributed by atoms with van der Waals surface area (Å²) in [6, 6.07) is 3.29. The van der Waals surface area contributed by atoms with Crippen molar-refractivity contribution in [2.45, 2.75) is 11.5 Å². The first-order valence-corrected chi connectivity index (χ1v) is 9.17. The normalized spacial score (nSPS) is 24.8. The monoisotopic (exact) mass is 416 g/mol. The Balaban J connectivity index is 1.86. The fraction of sp³-hybridized carbons (Fsp3) is 0.250. The predicted octanol–water partition coefficient (Wildman–Crippen LogP) is 1.30. The highest BCUT2D eigenvalue weighted by Gasteiger charge is 2.68. The van der Waals surface area contributed by atoms with Gasteiger partial charge in [0.05, 0.1) is 16.8 Å². The molecular weight excluding hydrogens is 401 g/mol. The third-order valence-electron chi connectivity index (χ3n) is 6.13. The number of hydrogen-bond donors (Lipinski definition) is 3. The first-order chi connectivity index (χ1) is 14.3. The Hall–Kier alpha value is -3.24. The van der Waals surface area contributed by atoms with Gasteiger partial charge < -0.3 is 16.2 Å². The van der Waals surface area contributed by atoms with Gasteiger partial charge in [0.25, 0.3) is 0 Å². The van der Waals surface area contributed by atoms with Crippen LogP contribution in [0.1, 0.15) is 16.1 Å². The van der Waals surface area contributed by atoms with Gasteiger partial charge in [-0.2, -0.15) is 0 Å². The number of aromatic nitrogens is 2. The molecule has 5 rings (SSSR count). The second-order valence-corrected chi connectivity index (χ2v) is 7.64. The van der Waals surface area contributed by atoms with E-state index in [0.717, 1.165) is 29.0 Å². The Morgan fingerprint density at radius 1 is 1.27 bits per heavy atom. The molecule has 0 radical (unpaired) electrons. The third-order valence-corrected chi connectivity index (χ3v) is 6.13. The molecule has 0 spiro atoms. The first-order valence-electron chi connectivity index (χ1n) is 9.17. The molecule has 1 aliphatic heterocycles. The van der Waals surface area contributed by atoms with Crippen molar-refractivity contribution in [2.24, 2.45) is 11.7 Å². The van der Waals surface area contributed by atoms with Crippen LogP contribution < -0.4 is 16.5 Å². The molecule has 7 nitrogen and oxygen atoms in total. The predicted molar refractivity (Wildman–Crippen MR) is 100 cm³/mol. The Labute approximate surface area is 167 Å². The summed E-state index contributed by atoms with van der Waals surface area (Å²) in [7, 11) is 0. The van der Waals surface area contributed by atoms with Crippen LogP contribution in [0, 0.1) is 23.4 Å². The van der Waals surface area contributed by atoms with Gasteiger partial charge >= 0.3 is 5.97 Å². The summed E-state index contributed by atoms with van der Waals surface area (Å²) in [5.41, 5.74) is 3.43. The number of carboxylic acids is 1. The highest BCUT2D eigenvalue weighted by atomic mass is 19.1. The summed E-state index contributed by atoms with van der Waals surface area (Å²) in [4.78, 5) is 28.5. The summed E-state index contributed by atoms with van der Waals surface area (Å²) < 4.78 is 44.0. The number of fused-ring (bicyclic) bond motifs is 2. The molecule has 3 heterocycles. The number of piperidine rings is 1. The highest BCUT2D eigenvalue weighted by molar-refractivity contribution is 5.92. The number of aromatic carboxylic acids is 1. The van der Waals surface area contributed by atoms with Gasteiger partial charge in [0.15, 0.2) is 0 Å². The van der Waals surface area contributed by atoms with Crippen LogP contribution in [0.2, 0.25) is 0 Å². The second-order valence-electron chi connectivity index (χ2n) is 7.64.